The third-order valence-corrected chi connectivity index (χ3v) is 3.78. The molecular weight excluding hydrogens is 266 g/mol. The number of rotatable bonds is 6. The fraction of sp³-hybridized carbons (Fsp3) is 0.562. The zero-order chi connectivity index (χ0) is 15.2. The second-order valence-corrected chi connectivity index (χ2v) is 6.00. The minimum Gasteiger partial charge on any atom is -0.352 e. The fourth-order valence-electron chi connectivity index (χ4n) is 2.41. The molecule has 2 amide bonds. The van der Waals surface area contributed by atoms with Crippen LogP contribution in [-0.4, -0.2) is 34.8 Å². The Bertz CT molecular complexity index is 488. The molecule has 1 aliphatic rings. The highest BCUT2D eigenvalue weighted by Gasteiger charge is 2.33. The molecule has 0 bridgehead atoms. The molecule has 1 aromatic heterocycles. The van der Waals surface area contributed by atoms with Crippen molar-refractivity contribution in [2.24, 2.45) is 11.8 Å². The van der Waals surface area contributed by atoms with Crippen LogP contribution >= 0.6 is 0 Å². The number of aromatic nitrogens is 1. The van der Waals surface area contributed by atoms with E-state index in [0.717, 1.165) is 18.5 Å². The molecule has 5 nitrogen and oxygen atoms in total. The number of nitrogens with one attached hydrogen (secondary N) is 1. The predicted molar refractivity (Wildman–Crippen MR) is 80.2 cm³/mol. The molecule has 2 heterocycles. The Labute approximate surface area is 125 Å². The number of likely N-dealkylation sites (tertiary alicyclic amines) is 1. The smallest absolute Gasteiger partial charge is 0.225 e. The zero-order valence-electron chi connectivity index (χ0n) is 12.7. The van der Waals surface area contributed by atoms with E-state index in [1.54, 1.807) is 12.4 Å². The van der Waals surface area contributed by atoms with Crippen molar-refractivity contribution in [2.75, 3.05) is 13.1 Å². The molecule has 1 aliphatic heterocycles. The molecule has 21 heavy (non-hydrogen) atoms. The summed E-state index contributed by atoms with van der Waals surface area (Å²) >= 11 is 0. The van der Waals surface area contributed by atoms with E-state index in [1.165, 1.54) is 0 Å². The summed E-state index contributed by atoms with van der Waals surface area (Å²) in [5.41, 5.74) is 1.01. The lowest BCUT2D eigenvalue weighted by atomic mass is 10.1. The molecule has 1 saturated heterocycles. The van der Waals surface area contributed by atoms with Crippen LogP contribution in [0.2, 0.25) is 0 Å². The first-order valence-corrected chi connectivity index (χ1v) is 7.50. The molecule has 1 fully saturated rings. The molecule has 1 aromatic rings. The summed E-state index contributed by atoms with van der Waals surface area (Å²) in [6, 6.07) is 3.74. The highest BCUT2D eigenvalue weighted by molar-refractivity contribution is 5.89. The number of hydrogen-bond acceptors (Lipinski definition) is 3. The summed E-state index contributed by atoms with van der Waals surface area (Å²) in [5.74, 6) is 0.413. The molecule has 0 aliphatic carbocycles. The largest absolute Gasteiger partial charge is 0.352 e. The monoisotopic (exact) mass is 289 g/mol. The van der Waals surface area contributed by atoms with E-state index in [2.05, 4.69) is 24.1 Å². The van der Waals surface area contributed by atoms with Gasteiger partial charge in [0.05, 0.1) is 5.92 Å². The van der Waals surface area contributed by atoms with Gasteiger partial charge in [-0.15, -0.1) is 0 Å². The maximum atomic E-state index is 12.1. The summed E-state index contributed by atoms with van der Waals surface area (Å²) in [6.07, 6.45) is 4.72. The molecular formula is C16H23N3O2. The lowest BCUT2D eigenvalue weighted by molar-refractivity contribution is -0.129. The zero-order valence-corrected chi connectivity index (χ0v) is 12.7. The molecule has 0 aromatic carbocycles. The first kappa shape index (κ1) is 15.5. The van der Waals surface area contributed by atoms with E-state index in [1.807, 2.05) is 17.0 Å². The van der Waals surface area contributed by atoms with Crippen LogP contribution in [0.3, 0.4) is 0 Å². The molecule has 1 unspecified atom stereocenters. The van der Waals surface area contributed by atoms with E-state index >= 15 is 0 Å². The first-order chi connectivity index (χ1) is 10.1. The van der Waals surface area contributed by atoms with E-state index in [-0.39, 0.29) is 17.7 Å². The van der Waals surface area contributed by atoms with Crippen molar-refractivity contribution in [2.45, 2.75) is 33.2 Å². The van der Waals surface area contributed by atoms with Crippen LogP contribution in [0.15, 0.2) is 24.5 Å². The van der Waals surface area contributed by atoms with Gasteiger partial charge in [0.15, 0.2) is 0 Å². The van der Waals surface area contributed by atoms with Gasteiger partial charge in [0.2, 0.25) is 11.8 Å². The second-order valence-electron chi connectivity index (χ2n) is 6.00. The van der Waals surface area contributed by atoms with Gasteiger partial charge in [-0.3, -0.25) is 14.6 Å². The number of pyridine rings is 1. The Morgan fingerprint density at radius 2 is 2.14 bits per heavy atom. The standard InChI is InChI=1S/C16H23N3O2/c1-12(2)5-8-19-11-14(9-15(19)20)16(21)18-10-13-3-6-17-7-4-13/h3-4,6-7,12,14H,5,8-11H2,1-2H3,(H,18,21). The van der Waals surface area contributed by atoms with E-state index in [9.17, 15) is 9.59 Å². The summed E-state index contributed by atoms with van der Waals surface area (Å²) in [7, 11) is 0. The fourth-order valence-corrected chi connectivity index (χ4v) is 2.41. The Morgan fingerprint density at radius 3 is 2.81 bits per heavy atom. The Balaban J connectivity index is 1.80. The van der Waals surface area contributed by atoms with Crippen molar-refractivity contribution in [1.82, 2.24) is 15.2 Å². The van der Waals surface area contributed by atoms with E-state index in [0.29, 0.717) is 25.4 Å². The van der Waals surface area contributed by atoms with E-state index < -0.39 is 0 Å². The number of carbonyl (C=O) groups excluding carboxylic acids is 2. The average molecular weight is 289 g/mol. The summed E-state index contributed by atoms with van der Waals surface area (Å²) in [4.78, 5) is 29.8. The second kappa shape index (κ2) is 7.20. The highest BCUT2D eigenvalue weighted by atomic mass is 16.2. The van der Waals surface area contributed by atoms with Crippen LogP contribution in [0.4, 0.5) is 0 Å². The summed E-state index contributed by atoms with van der Waals surface area (Å²) < 4.78 is 0. The predicted octanol–water partition coefficient (Wildman–Crippen LogP) is 1.59. The van der Waals surface area contributed by atoms with Gasteiger partial charge in [0.1, 0.15) is 0 Å². The van der Waals surface area contributed by atoms with Crippen LogP contribution in [0.1, 0.15) is 32.3 Å². The molecule has 0 radical (unpaired) electrons. The average Bonchev–Trinajstić information content (AvgIpc) is 2.85. The molecule has 1 N–H and O–H groups in total. The third kappa shape index (κ3) is 4.55. The van der Waals surface area contributed by atoms with Gasteiger partial charge in [0.25, 0.3) is 0 Å². The number of amides is 2. The van der Waals surface area contributed by atoms with Gasteiger partial charge in [-0.1, -0.05) is 13.8 Å². The Hall–Kier alpha value is -1.91. The topological polar surface area (TPSA) is 62.3 Å². The van der Waals surface area contributed by atoms with Crippen molar-refractivity contribution >= 4 is 11.8 Å². The molecule has 1 atom stereocenters. The van der Waals surface area contributed by atoms with Crippen molar-refractivity contribution in [3.05, 3.63) is 30.1 Å². The maximum Gasteiger partial charge on any atom is 0.225 e. The van der Waals surface area contributed by atoms with Crippen LogP contribution in [0.5, 0.6) is 0 Å². The van der Waals surface area contributed by atoms with Crippen molar-refractivity contribution < 1.29 is 9.59 Å². The lowest BCUT2D eigenvalue weighted by Gasteiger charge is -2.17. The Kier molecular flexibility index (Phi) is 5.31. The minimum absolute atomic E-state index is 0.0350. The van der Waals surface area contributed by atoms with Crippen LogP contribution in [-0.2, 0) is 16.1 Å². The van der Waals surface area contributed by atoms with Gasteiger partial charge >= 0.3 is 0 Å². The van der Waals surface area contributed by atoms with Gasteiger partial charge in [-0.05, 0) is 30.0 Å². The van der Waals surface area contributed by atoms with Gasteiger partial charge in [0, 0.05) is 38.4 Å². The van der Waals surface area contributed by atoms with E-state index in [4.69, 9.17) is 0 Å². The minimum atomic E-state index is -0.216. The summed E-state index contributed by atoms with van der Waals surface area (Å²) in [6.45, 7) is 6.06. The van der Waals surface area contributed by atoms with Crippen LogP contribution in [0, 0.1) is 11.8 Å². The maximum absolute atomic E-state index is 12.1. The van der Waals surface area contributed by atoms with Crippen LogP contribution in [0.25, 0.3) is 0 Å². The van der Waals surface area contributed by atoms with Crippen molar-refractivity contribution in [3.63, 3.8) is 0 Å². The quantitative estimate of drug-likeness (QED) is 0.865. The van der Waals surface area contributed by atoms with Crippen molar-refractivity contribution in [3.8, 4) is 0 Å². The Morgan fingerprint density at radius 1 is 1.43 bits per heavy atom. The third-order valence-electron chi connectivity index (χ3n) is 3.78. The first-order valence-electron chi connectivity index (χ1n) is 7.50. The van der Waals surface area contributed by atoms with Gasteiger partial charge in [-0.2, -0.15) is 0 Å². The summed E-state index contributed by atoms with van der Waals surface area (Å²) in [5, 5.41) is 2.90. The van der Waals surface area contributed by atoms with Gasteiger partial charge in [-0.25, -0.2) is 0 Å². The lowest BCUT2D eigenvalue weighted by Crippen LogP contribution is -2.33. The number of nitrogens with zero attached hydrogens (tertiary/aromatic N) is 2. The molecule has 2 rings (SSSR count). The van der Waals surface area contributed by atoms with Crippen LogP contribution < -0.4 is 5.32 Å². The van der Waals surface area contributed by atoms with Crippen molar-refractivity contribution in [1.29, 1.82) is 0 Å². The molecule has 114 valence electrons. The normalized spacial score (nSPS) is 18.3. The molecule has 0 saturated carbocycles. The molecule has 5 heteroatoms. The van der Waals surface area contributed by atoms with Gasteiger partial charge < -0.3 is 10.2 Å². The number of hydrogen-bond donors (Lipinski definition) is 1. The number of carbonyl (C=O) groups is 2. The highest BCUT2D eigenvalue weighted by Crippen LogP contribution is 2.19. The molecule has 0 spiro atoms. The SMILES string of the molecule is CC(C)CCN1CC(C(=O)NCc2ccncc2)CC1=O.